The number of rotatable bonds is 2. The zero-order chi connectivity index (χ0) is 15.1. The zero-order valence-corrected chi connectivity index (χ0v) is 12.7. The average molecular weight is 289 g/mol. The molecular weight excluding hydrogens is 266 g/mol. The predicted octanol–water partition coefficient (Wildman–Crippen LogP) is 0.777. The molecule has 3 heterocycles. The molecule has 0 aromatic carbocycles. The lowest BCUT2D eigenvalue weighted by molar-refractivity contribution is -0.136. The molecule has 0 aliphatic carbocycles. The Hall–Kier alpha value is -1.62. The highest BCUT2D eigenvalue weighted by Crippen LogP contribution is 2.35. The fraction of sp³-hybridized carbons (Fsp3) is 0.625. The highest BCUT2D eigenvalue weighted by Gasteiger charge is 2.37. The average Bonchev–Trinajstić information content (AvgIpc) is 2.46. The smallest absolute Gasteiger partial charge is 0.250 e. The van der Waals surface area contributed by atoms with Crippen LogP contribution in [0, 0.1) is 11.8 Å². The summed E-state index contributed by atoms with van der Waals surface area (Å²) in [5.74, 6) is 0.815. The van der Waals surface area contributed by atoms with Crippen molar-refractivity contribution in [1.29, 1.82) is 0 Å². The van der Waals surface area contributed by atoms with Crippen LogP contribution in [0.25, 0.3) is 0 Å². The van der Waals surface area contributed by atoms with Gasteiger partial charge in [-0.3, -0.25) is 9.59 Å². The van der Waals surface area contributed by atoms with Crippen molar-refractivity contribution < 1.29 is 4.79 Å². The summed E-state index contributed by atoms with van der Waals surface area (Å²) in [4.78, 5) is 26.4. The van der Waals surface area contributed by atoms with Crippen LogP contribution < -0.4 is 11.3 Å². The van der Waals surface area contributed by atoms with E-state index in [2.05, 4.69) is 0 Å². The third-order valence-corrected chi connectivity index (χ3v) is 4.79. The Balaban J connectivity index is 1.85. The highest BCUT2D eigenvalue weighted by molar-refractivity contribution is 5.82. The molecule has 2 bridgehead atoms. The van der Waals surface area contributed by atoms with Crippen LogP contribution in [0.5, 0.6) is 0 Å². The molecule has 114 valence electrons. The first kappa shape index (κ1) is 14.3. The summed E-state index contributed by atoms with van der Waals surface area (Å²) in [6.07, 6.45) is 1.06. The monoisotopic (exact) mass is 289 g/mol. The molecule has 0 radical (unpaired) electrons. The molecule has 2 N–H and O–H groups in total. The molecule has 3 atom stereocenters. The number of carbonyl (C=O) groups excluding carboxylic acids is 1. The molecule has 5 heteroatoms. The van der Waals surface area contributed by atoms with E-state index in [9.17, 15) is 9.59 Å². The maximum Gasteiger partial charge on any atom is 0.250 e. The van der Waals surface area contributed by atoms with Gasteiger partial charge in [0.15, 0.2) is 0 Å². The number of piperidine rings is 1. The largest absolute Gasteiger partial charge is 0.340 e. The van der Waals surface area contributed by atoms with Gasteiger partial charge in [-0.05, 0) is 24.3 Å². The number of aromatic nitrogens is 1. The van der Waals surface area contributed by atoms with E-state index in [0.29, 0.717) is 19.0 Å². The Morgan fingerprint density at radius 1 is 1.29 bits per heavy atom. The molecule has 0 unspecified atom stereocenters. The summed E-state index contributed by atoms with van der Waals surface area (Å²) >= 11 is 0. The van der Waals surface area contributed by atoms with E-state index >= 15 is 0 Å². The van der Waals surface area contributed by atoms with E-state index in [1.54, 1.807) is 6.07 Å². The van der Waals surface area contributed by atoms with Crippen molar-refractivity contribution in [1.82, 2.24) is 9.47 Å². The minimum Gasteiger partial charge on any atom is -0.340 e. The Kier molecular flexibility index (Phi) is 3.61. The summed E-state index contributed by atoms with van der Waals surface area (Å²) in [6.45, 7) is 6.06. The van der Waals surface area contributed by atoms with Gasteiger partial charge in [0, 0.05) is 37.3 Å². The summed E-state index contributed by atoms with van der Waals surface area (Å²) in [5.41, 5.74) is 7.15. The zero-order valence-electron chi connectivity index (χ0n) is 12.7. The minimum absolute atomic E-state index is 0.0476. The standard InChI is InChI=1S/C16H23N3O2/c1-10(2)15(17)16(21)18-7-11-6-12(9-18)13-4-3-5-14(20)19(13)8-11/h3-5,10-12,15H,6-9,17H2,1-2H3/t11-,12-,15+/m0/s1. The van der Waals surface area contributed by atoms with Gasteiger partial charge in [-0.15, -0.1) is 0 Å². The summed E-state index contributed by atoms with van der Waals surface area (Å²) in [7, 11) is 0. The Labute approximate surface area is 124 Å². The quantitative estimate of drug-likeness (QED) is 0.874. The van der Waals surface area contributed by atoms with Crippen LogP contribution in [-0.2, 0) is 11.3 Å². The van der Waals surface area contributed by atoms with E-state index in [4.69, 9.17) is 5.73 Å². The van der Waals surface area contributed by atoms with Crippen LogP contribution in [0.3, 0.4) is 0 Å². The van der Waals surface area contributed by atoms with Crippen LogP contribution in [0.4, 0.5) is 0 Å². The van der Waals surface area contributed by atoms with Crippen molar-refractivity contribution in [3.8, 4) is 0 Å². The Morgan fingerprint density at radius 3 is 2.76 bits per heavy atom. The molecule has 1 amide bonds. The van der Waals surface area contributed by atoms with Crippen LogP contribution >= 0.6 is 0 Å². The number of amides is 1. The Morgan fingerprint density at radius 2 is 2.05 bits per heavy atom. The number of nitrogens with two attached hydrogens (primary N) is 1. The molecule has 1 aromatic heterocycles. The van der Waals surface area contributed by atoms with Crippen molar-refractivity contribution in [2.75, 3.05) is 13.1 Å². The maximum atomic E-state index is 12.5. The maximum absolute atomic E-state index is 12.5. The second-order valence-electron chi connectivity index (χ2n) is 6.71. The van der Waals surface area contributed by atoms with Crippen LogP contribution in [0.15, 0.2) is 23.0 Å². The van der Waals surface area contributed by atoms with E-state index in [0.717, 1.165) is 18.7 Å². The first-order valence-electron chi connectivity index (χ1n) is 7.71. The van der Waals surface area contributed by atoms with Crippen molar-refractivity contribution in [2.24, 2.45) is 17.6 Å². The molecule has 2 aliphatic rings. The molecule has 1 saturated heterocycles. The molecule has 5 nitrogen and oxygen atoms in total. The van der Waals surface area contributed by atoms with Gasteiger partial charge >= 0.3 is 0 Å². The van der Waals surface area contributed by atoms with Gasteiger partial charge < -0.3 is 15.2 Å². The lowest BCUT2D eigenvalue weighted by Gasteiger charge is -2.43. The van der Waals surface area contributed by atoms with Gasteiger partial charge in [-0.25, -0.2) is 0 Å². The van der Waals surface area contributed by atoms with Crippen LogP contribution in [0.1, 0.15) is 31.9 Å². The number of likely N-dealkylation sites (tertiary alicyclic amines) is 1. The van der Waals surface area contributed by atoms with Crippen molar-refractivity contribution in [3.05, 3.63) is 34.2 Å². The SMILES string of the molecule is CC(C)[C@@H](N)C(=O)N1C[C@@H]2C[C@@H](C1)c1cccc(=O)n1C2. The molecule has 1 fully saturated rings. The third kappa shape index (κ3) is 2.50. The van der Waals surface area contributed by atoms with E-state index < -0.39 is 6.04 Å². The summed E-state index contributed by atoms with van der Waals surface area (Å²) in [6, 6.07) is 5.01. The minimum atomic E-state index is -0.429. The number of carbonyl (C=O) groups is 1. The fourth-order valence-corrected chi connectivity index (χ4v) is 3.57. The number of hydrogen-bond donors (Lipinski definition) is 1. The van der Waals surface area contributed by atoms with Crippen LogP contribution in [0.2, 0.25) is 0 Å². The van der Waals surface area contributed by atoms with Gasteiger partial charge in [0.25, 0.3) is 5.56 Å². The van der Waals surface area contributed by atoms with Gasteiger partial charge in [0.05, 0.1) is 6.04 Å². The van der Waals surface area contributed by atoms with Crippen LogP contribution in [-0.4, -0.2) is 34.5 Å². The van der Waals surface area contributed by atoms with Gasteiger partial charge in [0.1, 0.15) is 0 Å². The number of hydrogen-bond acceptors (Lipinski definition) is 3. The van der Waals surface area contributed by atoms with E-state index in [1.165, 1.54) is 0 Å². The lowest BCUT2D eigenvalue weighted by atomic mass is 9.82. The van der Waals surface area contributed by atoms with Gasteiger partial charge in [-0.2, -0.15) is 0 Å². The molecular formula is C16H23N3O2. The third-order valence-electron chi connectivity index (χ3n) is 4.79. The highest BCUT2D eigenvalue weighted by atomic mass is 16.2. The second kappa shape index (κ2) is 5.30. The molecule has 21 heavy (non-hydrogen) atoms. The topological polar surface area (TPSA) is 68.3 Å². The van der Waals surface area contributed by atoms with E-state index in [1.807, 2.05) is 35.4 Å². The normalized spacial score (nSPS) is 25.6. The van der Waals surface area contributed by atoms with Crippen molar-refractivity contribution >= 4 is 5.91 Å². The molecule has 0 spiro atoms. The summed E-state index contributed by atoms with van der Waals surface area (Å²) < 4.78 is 1.88. The summed E-state index contributed by atoms with van der Waals surface area (Å²) in [5, 5.41) is 0. The number of nitrogens with zero attached hydrogens (tertiary/aromatic N) is 2. The van der Waals surface area contributed by atoms with E-state index in [-0.39, 0.29) is 23.3 Å². The van der Waals surface area contributed by atoms with Gasteiger partial charge in [-0.1, -0.05) is 19.9 Å². The van der Waals surface area contributed by atoms with Crippen molar-refractivity contribution in [2.45, 2.75) is 38.8 Å². The molecule has 0 saturated carbocycles. The molecule has 2 aliphatic heterocycles. The molecule has 1 aromatic rings. The Bertz CT molecular complexity index is 608. The first-order valence-corrected chi connectivity index (χ1v) is 7.71. The number of fused-ring (bicyclic) bond motifs is 4. The fourth-order valence-electron chi connectivity index (χ4n) is 3.57. The first-order chi connectivity index (χ1) is 9.97. The second-order valence-corrected chi connectivity index (χ2v) is 6.71. The lowest BCUT2D eigenvalue weighted by Crippen LogP contribution is -2.54. The number of pyridine rings is 1. The van der Waals surface area contributed by atoms with Gasteiger partial charge in [0.2, 0.25) is 5.91 Å². The predicted molar refractivity (Wildman–Crippen MR) is 80.9 cm³/mol. The van der Waals surface area contributed by atoms with Crippen molar-refractivity contribution in [3.63, 3.8) is 0 Å². The molecule has 3 rings (SSSR count).